The third-order valence-corrected chi connectivity index (χ3v) is 3.86. The Morgan fingerprint density at radius 1 is 1.38 bits per heavy atom. The van der Waals surface area contributed by atoms with Crippen molar-refractivity contribution in [1.82, 2.24) is 0 Å². The minimum atomic E-state index is -0.307. The molecule has 0 saturated carbocycles. The number of alkyl halides is 2. The van der Waals surface area contributed by atoms with Gasteiger partial charge in [-0.2, -0.15) is 0 Å². The average molecular weight is 280 g/mol. The molecular weight excluding hydrogens is 266 g/mol. The van der Waals surface area contributed by atoms with Gasteiger partial charge in [0.1, 0.15) is 4.84 Å². The highest BCUT2D eigenvalue weighted by Gasteiger charge is 2.28. The van der Waals surface area contributed by atoms with Crippen LogP contribution in [-0.4, -0.2) is 17.9 Å². The minimum absolute atomic E-state index is 0.307. The van der Waals surface area contributed by atoms with Crippen LogP contribution < -0.4 is 10.6 Å². The first kappa shape index (κ1) is 12.2. The van der Waals surface area contributed by atoms with Crippen molar-refractivity contribution in [1.29, 1.82) is 0 Å². The number of hydrogen-bond acceptors (Lipinski definition) is 2. The molecule has 0 radical (unpaired) electrons. The summed E-state index contributed by atoms with van der Waals surface area (Å²) in [6.07, 6.45) is 1.000. The molecule has 5 heteroatoms. The number of nitrogen functional groups attached to an aromatic ring is 1. The standard InChI is InChI=1S/C11H13Cl3N2/c12-8-1-2-10(9(15)5-8)16-4-3-7(6-16)11(13)14/h1-2,5,7,11H,3-4,6,15H2. The van der Waals surface area contributed by atoms with E-state index in [2.05, 4.69) is 4.90 Å². The van der Waals surface area contributed by atoms with Crippen molar-refractivity contribution in [3.63, 3.8) is 0 Å². The molecule has 1 aliphatic rings. The van der Waals surface area contributed by atoms with E-state index in [1.165, 1.54) is 0 Å². The van der Waals surface area contributed by atoms with Crippen LogP contribution in [0.5, 0.6) is 0 Å². The molecule has 0 bridgehead atoms. The summed E-state index contributed by atoms with van der Waals surface area (Å²) in [6, 6.07) is 5.56. The second-order valence-corrected chi connectivity index (χ2v) is 5.63. The smallest absolute Gasteiger partial charge is 0.112 e. The molecule has 16 heavy (non-hydrogen) atoms. The zero-order valence-corrected chi connectivity index (χ0v) is 10.9. The van der Waals surface area contributed by atoms with E-state index >= 15 is 0 Å². The van der Waals surface area contributed by atoms with Crippen LogP contribution in [0.3, 0.4) is 0 Å². The monoisotopic (exact) mass is 278 g/mol. The van der Waals surface area contributed by atoms with Crippen molar-refractivity contribution in [3.05, 3.63) is 23.2 Å². The van der Waals surface area contributed by atoms with Gasteiger partial charge in [0, 0.05) is 24.0 Å². The van der Waals surface area contributed by atoms with Gasteiger partial charge in [-0.05, 0) is 24.6 Å². The number of anilines is 2. The Labute approximate surface area is 110 Å². The van der Waals surface area contributed by atoms with Crippen molar-refractivity contribution >= 4 is 46.2 Å². The van der Waals surface area contributed by atoms with Crippen LogP contribution in [0, 0.1) is 5.92 Å². The fourth-order valence-corrected chi connectivity index (χ4v) is 2.62. The Morgan fingerprint density at radius 2 is 2.12 bits per heavy atom. The molecule has 1 atom stereocenters. The second-order valence-electron chi connectivity index (χ2n) is 4.03. The molecule has 0 spiro atoms. The van der Waals surface area contributed by atoms with Gasteiger partial charge in [0.25, 0.3) is 0 Å². The number of hydrogen-bond donors (Lipinski definition) is 1. The van der Waals surface area contributed by atoms with Gasteiger partial charge in [-0.25, -0.2) is 0 Å². The van der Waals surface area contributed by atoms with Crippen LogP contribution in [0.15, 0.2) is 18.2 Å². The number of halogens is 3. The van der Waals surface area contributed by atoms with E-state index in [0.717, 1.165) is 25.2 Å². The summed E-state index contributed by atoms with van der Waals surface area (Å²) in [5.41, 5.74) is 7.65. The maximum absolute atomic E-state index is 5.93. The molecule has 88 valence electrons. The van der Waals surface area contributed by atoms with Gasteiger partial charge in [0.2, 0.25) is 0 Å². The highest BCUT2D eigenvalue weighted by Crippen LogP contribution is 2.33. The Balaban J connectivity index is 2.14. The first-order valence-electron chi connectivity index (χ1n) is 5.16. The molecule has 2 N–H and O–H groups in total. The Kier molecular flexibility index (Phi) is 3.73. The summed E-state index contributed by atoms with van der Waals surface area (Å²) in [7, 11) is 0. The molecule has 0 aromatic heterocycles. The summed E-state index contributed by atoms with van der Waals surface area (Å²) in [4.78, 5) is 1.90. The van der Waals surface area contributed by atoms with Gasteiger partial charge in [-0.3, -0.25) is 0 Å². The molecule has 0 aliphatic carbocycles. The predicted molar refractivity (Wildman–Crippen MR) is 71.7 cm³/mol. The van der Waals surface area contributed by atoms with E-state index in [1.54, 1.807) is 6.07 Å². The van der Waals surface area contributed by atoms with Crippen LogP contribution in [0.2, 0.25) is 5.02 Å². The van der Waals surface area contributed by atoms with E-state index in [-0.39, 0.29) is 4.84 Å². The van der Waals surface area contributed by atoms with Crippen molar-refractivity contribution in [2.75, 3.05) is 23.7 Å². The number of nitrogens with two attached hydrogens (primary N) is 1. The number of rotatable bonds is 2. The van der Waals surface area contributed by atoms with E-state index in [4.69, 9.17) is 40.5 Å². The van der Waals surface area contributed by atoms with Crippen LogP contribution in [-0.2, 0) is 0 Å². The Bertz CT molecular complexity index is 381. The second kappa shape index (κ2) is 4.91. The highest BCUT2D eigenvalue weighted by atomic mass is 35.5. The first-order valence-corrected chi connectivity index (χ1v) is 6.41. The molecule has 1 aliphatic heterocycles. The van der Waals surface area contributed by atoms with E-state index in [9.17, 15) is 0 Å². The molecule has 1 fully saturated rings. The zero-order chi connectivity index (χ0) is 11.7. The molecule has 1 aromatic rings. The van der Waals surface area contributed by atoms with Crippen molar-refractivity contribution in [3.8, 4) is 0 Å². The van der Waals surface area contributed by atoms with Crippen LogP contribution in [0.4, 0.5) is 11.4 Å². The largest absolute Gasteiger partial charge is 0.397 e. The van der Waals surface area contributed by atoms with Crippen LogP contribution in [0.1, 0.15) is 6.42 Å². The van der Waals surface area contributed by atoms with Gasteiger partial charge in [-0.1, -0.05) is 11.6 Å². The number of benzene rings is 1. The summed E-state index contributed by atoms with van der Waals surface area (Å²) in [5, 5.41) is 0.657. The molecule has 1 saturated heterocycles. The van der Waals surface area contributed by atoms with E-state index < -0.39 is 0 Å². The normalized spacial score (nSPS) is 20.8. The molecule has 2 nitrogen and oxygen atoms in total. The van der Waals surface area contributed by atoms with Gasteiger partial charge in [0.05, 0.1) is 11.4 Å². The summed E-state index contributed by atoms with van der Waals surface area (Å²) >= 11 is 17.6. The maximum Gasteiger partial charge on any atom is 0.112 e. The predicted octanol–water partition coefficient (Wildman–Crippen LogP) is 3.55. The van der Waals surface area contributed by atoms with Gasteiger partial charge < -0.3 is 10.6 Å². The van der Waals surface area contributed by atoms with Crippen molar-refractivity contribution in [2.45, 2.75) is 11.3 Å². The topological polar surface area (TPSA) is 29.3 Å². The fourth-order valence-electron chi connectivity index (χ4n) is 2.03. The summed E-state index contributed by atoms with van der Waals surface area (Å²) in [5.74, 6) is 0.318. The summed E-state index contributed by atoms with van der Waals surface area (Å²) < 4.78 is 0. The first-order chi connectivity index (χ1) is 7.58. The van der Waals surface area contributed by atoms with Gasteiger partial charge >= 0.3 is 0 Å². The van der Waals surface area contributed by atoms with Crippen LogP contribution >= 0.6 is 34.8 Å². The third-order valence-electron chi connectivity index (χ3n) is 2.91. The van der Waals surface area contributed by atoms with E-state index in [1.807, 2.05) is 12.1 Å². The molecule has 1 heterocycles. The van der Waals surface area contributed by atoms with Crippen LogP contribution in [0.25, 0.3) is 0 Å². The molecule has 1 unspecified atom stereocenters. The Hall–Kier alpha value is -0.310. The fraction of sp³-hybridized carbons (Fsp3) is 0.455. The SMILES string of the molecule is Nc1cc(Cl)ccc1N1CCC(C(Cl)Cl)C1. The Morgan fingerprint density at radius 3 is 2.69 bits per heavy atom. The number of nitrogens with zero attached hydrogens (tertiary/aromatic N) is 1. The third kappa shape index (κ3) is 2.50. The van der Waals surface area contributed by atoms with Gasteiger partial charge in [-0.15, -0.1) is 23.2 Å². The lowest BCUT2D eigenvalue weighted by molar-refractivity contribution is 0.637. The lowest BCUT2D eigenvalue weighted by Crippen LogP contribution is -2.22. The van der Waals surface area contributed by atoms with Crippen molar-refractivity contribution < 1.29 is 0 Å². The summed E-state index contributed by atoms with van der Waals surface area (Å²) in [6.45, 7) is 1.79. The molecule has 0 amide bonds. The lowest BCUT2D eigenvalue weighted by Gasteiger charge is -2.21. The zero-order valence-electron chi connectivity index (χ0n) is 8.67. The lowest BCUT2D eigenvalue weighted by atomic mass is 10.1. The average Bonchev–Trinajstić information content (AvgIpc) is 2.66. The minimum Gasteiger partial charge on any atom is -0.397 e. The quantitative estimate of drug-likeness (QED) is 0.662. The molecule has 1 aromatic carbocycles. The highest BCUT2D eigenvalue weighted by molar-refractivity contribution is 6.44. The molecular formula is C11H13Cl3N2. The molecule has 2 rings (SSSR count). The van der Waals surface area contributed by atoms with E-state index in [0.29, 0.717) is 16.6 Å². The van der Waals surface area contributed by atoms with Gasteiger partial charge in [0.15, 0.2) is 0 Å². The van der Waals surface area contributed by atoms with Crippen molar-refractivity contribution in [2.24, 2.45) is 5.92 Å². The maximum atomic E-state index is 5.93.